The summed E-state index contributed by atoms with van der Waals surface area (Å²) < 4.78 is 0. The third-order valence-corrected chi connectivity index (χ3v) is 4.20. The molecule has 0 saturated heterocycles. The minimum Gasteiger partial charge on any atom is -0.123 e. The van der Waals surface area contributed by atoms with Gasteiger partial charge in [-0.3, -0.25) is 0 Å². The summed E-state index contributed by atoms with van der Waals surface area (Å²) in [6, 6.07) is 5.66. The summed E-state index contributed by atoms with van der Waals surface area (Å²) in [7, 11) is 0. The van der Waals surface area contributed by atoms with Gasteiger partial charge in [-0.2, -0.15) is 0 Å². The molecule has 2 rings (SSSR count). The van der Waals surface area contributed by atoms with E-state index >= 15 is 0 Å². The largest absolute Gasteiger partial charge is 0.123 e. The molecule has 1 aliphatic carbocycles. The van der Waals surface area contributed by atoms with Crippen molar-refractivity contribution < 1.29 is 0 Å². The van der Waals surface area contributed by atoms with E-state index in [0.717, 1.165) is 34.9 Å². The number of benzene rings is 1. The molecule has 1 aromatic rings. The fourth-order valence-electron chi connectivity index (χ4n) is 2.37. The van der Waals surface area contributed by atoms with Crippen LogP contribution in [0.5, 0.6) is 0 Å². The maximum absolute atomic E-state index is 6.21. The van der Waals surface area contributed by atoms with Crippen LogP contribution in [0.3, 0.4) is 0 Å². The SMILES string of the molecule is CC1(c2cc(Cl)ccc2Cl)CCC(Cl)C1. The summed E-state index contributed by atoms with van der Waals surface area (Å²) in [5.41, 5.74) is 1.23. The summed E-state index contributed by atoms with van der Waals surface area (Å²) in [4.78, 5) is 0. The predicted molar refractivity (Wildman–Crippen MR) is 67.3 cm³/mol. The summed E-state index contributed by atoms with van der Waals surface area (Å²) in [6.45, 7) is 2.22. The molecule has 0 N–H and O–H groups in total. The summed E-state index contributed by atoms with van der Waals surface area (Å²) in [5, 5.41) is 1.81. The first-order valence-electron chi connectivity index (χ1n) is 5.11. The second-order valence-corrected chi connectivity index (χ2v) is 5.99. The van der Waals surface area contributed by atoms with Crippen LogP contribution in [0.2, 0.25) is 10.0 Å². The van der Waals surface area contributed by atoms with Crippen molar-refractivity contribution in [2.24, 2.45) is 0 Å². The van der Waals surface area contributed by atoms with E-state index in [1.807, 2.05) is 18.2 Å². The zero-order chi connectivity index (χ0) is 11.1. The van der Waals surface area contributed by atoms with Crippen molar-refractivity contribution in [3.8, 4) is 0 Å². The molecule has 0 radical (unpaired) electrons. The normalized spacial score (nSPS) is 30.8. The van der Waals surface area contributed by atoms with E-state index in [1.54, 1.807) is 0 Å². The Labute approximate surface area is 106 Å². The molecule has 15 heavy (non-hydrogen) atoms. The van der Waals surface area contributed by atoms with Gasteiger partial charge in [-0.25, -0.2) is 0 Å². The Morgan fingerprint density at radius 3 is 2.67 bits per heavy atom. The highest BCUT2D eigenvalue weighted by Gasteiger charge is 2.37. The van der Waals surface area contributed by atoms with Crippen LogP contribution in [0.1, 0.15) is 31.7 Å². The highest BCUT2D eigenvalue weighted by molar-refractivity contribution is 6.33. The van der Waals surface area contributed by atoms with Crippen molar-refractivity contribution in [3.63, 3.8) is 0 Å². The molecule has 0 bridgehead atoms. The second kappa shape index (κ2) is 4.16. The van der Waals surface area contributed by atoms with Gasteiger partial charge >= 0.3 is 0 Å². The molecule has 1 saturated carbocycles. The van der Waals surface area contributed by atoms with Crippen molar-refractivity contribution in [3.05, 3.63) is 33.8 Å². The van der Waals surface area contributed by atoms with Crippen LogP contribution < -0.4 is 0 Å². The molecule has 3 heteroatoms. The van der Waals surface area contributed by atoms with Crippen molar-refractivity contribution in [1.82, 2.24) is 0 Å². The molecule has 1 fully saturated rings. The average molecular weight is 264 g/mol. The molecule has 0 spiro atoms. The van der Waals surface area contributed by atoms with Gasteiger partial charge in [-0.15, -0.1) is 11.6 Å². The lowest BCUT2D eigenvalue weighted by Gasteiger charge is -2.25. The minimum atomic E-state index is 0.0917. The Kier molecular flexibility index (Phi) is 3.21. The lowest BCUT2D eigenvalue weighted by molar-refractivity contribution is 0.492. The first-order chi connectivity index (χ1) is 7.01. The highest BCUT2D eigenvalue weighted by atomic mass is 35.5. The maximum atomic E-state index is 6.21. The van der Waals surface area contributed by atoms with Gasteiger partial charge in [0.25, 0.3) is 0 Å². The Morgan fingerprint density at radius 2 is 2.07 bits per heavy atom. The van der Waals surface area contributed by atoms with Gasteiger partial charge in [0.05, 0.1) is 0 Å². The molecule has 82 valence electrons. The number of alkyl halides is 1. The van der Waals surface area contributed by atoms with Crippen molar-refractivity contribution in [2.75, 3.05) is 0 Å². The summed E-state index contributed by atoms with van der Waals surface area (Å²) in [6.07, 6.45) is 3.12. The zero-order valence-corrected chi connectivity index (χ0v) is 10.8. The molecule has 0 aromatic heterocycles. The van der Waals surface area contributed by atoms with E-state index in [2.05, 4.69) is 6.92 Å². The first kappa shape index (κ1) is 11.6. The monoisotopic (exact) mass is 262 g/mol. The summed E-state index contributed by atoms with van der Waals surface area (Å²) in [5.74, 6) is 0. The molecule has 0 heterocycles. The van der Waals surface area contributed by atoms with E-state index in [1.165, 1.54) is 0 Å². The van der Waals surface area contributed by atoms with Gasteiger partial charge in [0.1, 0.15) is 0 Å². The second-order valence-electron chi connectivity index (χ2n) is 4.52. The standard InChI is InChI=1S/C12H13Cl3/c1-12(5-4-9(14)7-12)10-6-8(13)2-3-11(10)15/h2-3,6,9H,4-5,7H2,1H3. The van der Waals surface area contributed by atoms with Gasteiger partial charge in [0, 0.05) is 15.4 Å². The van der Waals surface area contributed by atoms with Gasteiger partial charge in [0.2, 0.25) is 0 Å². The van der Waals surface area contributed by atoms with E-state index in [-0.39, 0.29) is 10.8 Å². The van der Waals surface area contributed by atoms with Crippen LogP contribution in [0.4, 0.5) is 0 Å². The van der Waals surface area contributed by atoms with Crippen molar-refractivity contribution in [2.45, 2.75) is 37.0 Å². The Hall–Kier alpha value is 0.0900. The zero-order valence-electron chi connectivity index (χ0n) is 8.56. The predicted octanol–water partition coefficient (Wildman–Crippen LogP) is 5.04. The Morgan fingerprint density at radius 1 is 1.33 bits per heavy atom. The van der Waals surface area contributed by atoms with Gasteiger partial charge in [0.15, 0.2) is 0 Å². The number of rotatable bonds is 1. The molecule has 0 aliphatic heterocycles. The van der Waals surface area contributed by atoms with E-state index in [4.69, 9.17) is 34.8 Å². The Balaban J connectivity index is 2.40. The lowest BCUT2D eigenvalue weighted by Crippen LogP contribution is -2.18. The lowest BCUT2D eigenvalue weighted by atomic mass is 9.81. The van der Waals surface area contributed by atoms with E-state index in [0.29, 0.717) is 0 Å². The van der Waals surface area contributed by atoms with E-state index < -0.39 is 0 Å². The highest BCUT2D eigenvalue weighted by Crippen LogP contribution is 2.45. The van der Waals surface area contributed by atoms with Crippen LogP contribution in [-0.2, 0) is 5.41 Å². The molecule has 1 aliphatic rings. The summed E-state index contributed by atoms with van der Waals surface area (Å²) >= 11 is 18.4. The third kappa shape index (κ3) is 2.27. The third-order valence-electron chi connectivity index (χ3n) is 3.26. The van der Waals surface area contributed by atoms with Gasteiger partial charge < -0.3 is 0 Å². The smallest absolute Gasteiger partial charge is 0.0444 e. The Bertz CT molecular complexity index is 375. The van der Waals surface area contributed by atoms with Gasteiger partial charge in [-0.1, -0.05) is 30.1 Å². The van der Waals surface area contributed by atoms with Crippen LogP contribution in [-0.4, -0.2) is 5.38 Å². The van der Waals surface area contributed by atoms with Crippen LogP contribution >= 0.6 is 34.8 Å². The first-order valence-corrected chi connectivity index (χ1v) is 6.30. The fraction of sp³-hybridized carbons (Fsp3) is 0.500. The molecule has 0 nitrogen and oxygen atoms in total. The number of hydrogen-bond donors (Lipinski definition) is 0. The number of halogens is 3. The minimum absolute atomic E-state index is 0.0917. The molecular formula is C12H13Cl3. The maximum Gasteiger partial charge on any atom is 0.0444 e. The van der Waals surface area contributed by atoms with E-state index in [9.17, 15) is 0 Å². The molecular weight excluding hydrogens is 250 g/mol. The van der Waals surface area contributed by atoms with Gasteiger partial charge in [-0.05, 0) is 48.4 Å². The van der Waals surface area contributed by atoms with Crippen molar-refractivity contribution >= 4 is 34.8 Å². The molecule has 2 atom stereocenters. The topological polar surface area (TPSA) is 0 Å². The van der Waals surface area contributed by atoms with Crippen LogP contribution in [0.15, 0.2) is 18.2 Å². The number of hydrogen-bond acceptors (Lipinski definition) is 0. The molecule has 1 aromatic carbocycles. The van der Waals surface area contributed by atoms with Crippen LogP contribution in [0, 0.1) is 0 Å². The van der Waals surface area contributed by atoms with Crippen LogP contribution in [0.25, 0.3) is 0 Å². The quantitative estimate of drug-likeness (QED) is 0.623. The average Bonchev–Trinajstić information content (AvgIpc) is 2.52. The molecule has 0 amide bonds. The van der Waals surface area contributed by atoms with Crippen molar-refractivity contribution in [1.29, 1.82) is 0 Å². The molecule has 2 unspecified atom stereocenters. The fourth-order valence-corrected chi connectivity index (χ4v) is 3.34.